The molecule has 0 saturated heterocycles. The average molecular weight is 415 g/mol. The van der Waals surface area contributed by atoms with E-state index in [1.165, 1.54) is 6.42 Å². The lowest BCUT2D eigenvalue weighted by Gasteiger charge is -2.37. The summed E-state index contributed by atoms with van der Waals surface area (Å²) in [6, 6.07) is 10.1. The minimum absolute atomic E-state index is 0.0230. The van der Waals surface area contributed by atoms with Crippen LogP contribution in [0.25, 0.3) is 0 Å². The molecule has 0 radical (unpaired) electrons. The van der Waals surface area contributed by atoms with Gasteiger partial charge in [0.2, 0.25) is 0 Å². The predicted molar refractivity (Wildman–Crippen MR) is 119 cm³/mol. The van der Waals surface area contributed by atoms with Crippen molar-refractivity contribution in [3.63, 3.8) is 0 Å². The minimum Gasteiger partial charge on any atom is -0.462 e. The maximum Gasteiger partial charge on any atom is 0.309 e. The van der Waals surface area contributed by atoms with Crippen LogP contribution in [0.5, 0.6) is 0 Å². The Labute approximate surface area is 181 Å². The average Bonchev–Trinajstić information content (AvgIpc) is 3.01. The van der Waals surface area contributed by atoms with Crippen molar-refractivity contribution in [2.75, 3.05) is 0 Å². The first-order valence-electron chi connectivity index (χ1n) is 11.4. The molecule has 0 aliphatic heterocycles. The number of benzene rings is 1. The van der Waals surface area contributed by atoms with Gasteiger partial charge in [0, 0.05) is 6.42 Å². The van der Waals surface area contributed by atoms with Gasteiger partial charge in [-0.1, -0.05) is 69.7 Å². The normalized spacial score (nSPS) is 31.8. The third-order valence-corrected chi connectivity index (χ3v) is 6.79. The highest BCUT2D eigenvalue weighted by molar-refractivity contribution is 5.71. The Kier molecular flexibility index (Phi) is 7.09. The van der Waals surface area contributed by atoms with Crippen LogP contribution in [-0.4, -0.2) is 28.9 Å². The summed E-state index contributed by atoms with van der Waals surface area (Å²) in [5, 5.41) is 11.0. The standard InChI is InChI=1S/C26H38O4/c1-18(2)22-12-11-19(3)15-23(22)29-24(27)17-26(28)14-13-21(16-26)30-25(4,5)20-9-7-6-8-10-20/h6-10,13-14,18-19,21-23,28H,11-12,15-17H2,1-5H3/t19-,21+,22+,23-,26-/m1/s1. The van der Waals surface area contributed by atoms with Gasteiger partial charge in [-0.3, -0.25) is 4.79 Å². The van der Waals surface area contributed by atoms with E-state index >= 15 is 0 Å². The molecule has 1 saturated carbocycles. The van der Waals surface area contributed by atoms with E-state index in [9.17, 15) is 9.90 Å². The van der Waals surface area contributed by atoms with Crippen molar-refractivity contribution in [1.82, 2.24) is 0 Å². The van der Waals surface area contributed by atoms with Gasteiger partial charge in [0.05, 0.1) is 23.7 Å². The third kappa shape index (κ3) is 5.73. The summed E-state index contributed by atoms with van der Waals surface area (Å²) in [6.45, 7) is 10.7. The molecule has 1 N–H and O–H groups in total. The molecule has 5 atom stereocenters. The summed E-state index contributed by atoms with van der Waals surface area (Å²) in [5.41, 5.74) is -0.605. The fourth-order valence-electron chi connectivity index (χ4n) is 4.98. The van der Waals surface area contributed by atoms with E-state index in [2.05, 4.69) is 20.8 Å². The second kappa shape index (κ2) is 9.23. The monoisotopic (exact) mass is 414 g/mol. The van der Waals surface area contributed by atoms with Crippen LogP contribution in [0.15, 0.2) is 42.5 Å². The zero-order valence-corrected chi connectivity index (χ0v) is 19.1. The molecular weight excluding hydrogens is 376 g/mol. The largest absolute Gasteiger partial charge is 0.462 e. The second-order valence-electron chi connectivity index (χ2n) is 10.2. The summed E-state index contributed by atoms with van der Waals surface area (Å²) in [5.74, 6) is 1.16. The molecule has 2 aliphatic rings. The number of carbonyl (C=O) groups is 1. The van der Waals surface area contributed by atoms with Crippen LogP contribution in [0.1, 0.15) is 72.3 Å². The number of carbonyl (C=O) groups excluding carboxylic acids is 1. The molecule has 166 valence electrons. The molecular formula is C26H38O4. The Morgan fingerprint density at radius 1 is 1.23 bits per heavy atom. The number of hydrogen-bond acceptors (Lipinski definition) is 4. The van der Waals surface area contributed by atoms with E-state index < -0.39 is 11.2 Å². The summed E-state index contributed by atoms with van der Waals surface area (Å²) in [4.78, 5) is 12.7. The lowest BCUT2D eigenvalue weighted by atomic mass is 9.75. The molecule has 3 rings (SSSR count). The highest BCUT2D eigenvalue weighted by Gasteiger charge is 2.40. The van der Waals surface area contributed by atoms with Gasteiger partial charge >= 0.3 is 5.97 Å². The molecule has 2 aliphatic carbocycles. The molecule has 1 aromatic carbocycles. The summed E-state index contributed by atoms with van der Waals surface area (Å²) in [7, 11) is 0. The van der Waals surface area contributed by atoms with Crippen LogP contribution in [-0.2, 0) is 19.9 Å². The maximum atomic E-state index is 12.7. The molecule has 0 amide bonds. The topological polar surface area (TPSA) is 55.8 Å². The van der Waals surface area contributed by atoms with Crippen LogP contribution in [0.3, 0.4) is 0 Å². The van der Waals surface area contributed by atoms with Crippen LogP contribution in [0, 0.1) is 17.8 Å². The molecule has 4 heteroatoms. The smallest absolute Gasteiger partial charge is 0.309 e. The SMILES string of the molecule is CC(C)[C@@H]1CC[C@@H](C)C[C@H]1OC(=O)C[C@@]1(O)C=C[C@H](OC(C)(C)c2ccccc2)C1. The Morgan fingerprint density at radius 3 is 2.60 bits per heavy atom. The Bertz CT molecular complexity index is 739. The van der Waals surface area contributed by atoms with Crippen LogP contribution in [0.2, 0.25) is 0 Å². The lowest BCUT2D eigenvalue weighted by molar-refractivity contribution is -0.160. The minimum atomic E-state index is -1.21. The molecule has 30 heavy (non-hydrogen) atoms. The lowest BCUT2D eigenvalue weighted by Crippen LogP contribution is -2.38. The van der Waals surface area contributed by atoms with E-state index in [1.807, 2.05) is 50.3 Å². The first-order chi connectivity index (χ1) is 14.1. The van der Waals surface area contributed by atoms with Gasteiger partial charge in [-0.15, -0.1) is 0 Å². The second-order valence-corrected chi connectivity index (χ2v) is 10.2. The van der Waals surface area contributed by atoms with Gasteiger partial charge in [-0.2, -0.15) is 0 Å². The molecule has 0 aromatic heterocycles. The van der Waals surface area contributed by atoms with E-state index in [-0.39, 0.29) is 24.6 Å². The Balaban J connectivity index is 1.56. The van der Waals surface area contributed by atoms with Gasteiger partial charge in [-0.25, -0.2) is 0 Å². The Hall–Kier alpha value is -1.65. The van der Waals surface area contributed by atoms with Crippen molar-refractivity contribution >= 4 is 5.97 Å². The fourth-order valence-corrected chi connectivity index (χ4v) is 4.98. The summed E-state index contributed by atoms with van der Waals surface area (Å²) >= 11 is 0. The van der Waals surface area contributed by atoms with E-state index in [0.29, 0.717) is 24.2 Å². The van der Waals surface area contributed by atoms with Gasteiger partial charge < -0.3 is 14.6 Å². The first kappa shape index (κ1) is 23.0. The van der Waals surface area contributed by atoms with Gasteiger partial charge in [0.1, 0.15) is 6.10 Å². The number of hydrogen-bond donors (Lipinski definition) is 1. The van der Waals surface area contributed by atoms with Crippen molar-refractivity contribution in [1.29, 1.82) is 0 Å². The maximum absolute atomic E-state index is 12.7. The van der Waals surface area contributed by atoms with Crippen LogP contribution < -0.4 is 0 Å². The van der Waals surface area contributed by atoms with Crippen LogP contribution >= 0.6 is 0 Å². The molecule has 0 unspecified atom stereocenters. The molecule has 1 aromatic rings. The predicted octanol–water partition coefficient (Wildman–Crippen LogP) is 5.39. The van der Waals surface area contributed by atoms with Crippen molar-refractivity contribution in [2.45, 2.75) is 90.1 Å². The quantitative estimate of drug-likeness (QED) is 0.480. The Morgan fingerprint density at radius 2 is 1.93 bits per heavy atom. The number of rotatable bonds is 7. The molecule has 0 spiro atoms. The highest BCUT2D eigenvalue weighted by atomic mass is 16.5. The first-order valence-corrected chi connectivity index (χ1v) is 11.4. The van der Waals surface area contributed by atoms with Crippen molar-refractivity contribution in [3.8, 4) is 0 Å². The molecule has 4 nitrogen and oxygen atoms in total. The zero-order valence-electron chi connectivity index (χ0n) is 19.1. The van der Waals surface area contributed by atoms with E-state index in [1.54, 1.807) is 6.08 Å². The molecule has 1 fully saturated rings. The number of aliphatic hydroxyl groups is 1. The van der Waals surface area contributed by atoms with E-state index in [0.717, 1.165) is 18.4 Å². The third-order valence-electron chi connectivity index (χ3n) is 6.79. The van der Waals surface area contributed by atoms with Crippen molar-refractivity contribution < 1.29 is 19.4 Å². The molecule has 0 heterocycles. The zero-order chi connectivity index (χ0) is 21.9. The van der Waals surface area contributed by atoms with Gasteiger partial charge in [-0.05, 0) is 50.0 Å². The molecule has 0 bridgehead atoms. The highest BCUT2D eigenvalue weighted by Crippen LogP contribution is 2.37. The fraction of sp³-hybridized carbons (Fsp3) is 0.654. The van der Waals surface area contributed by atoms with Crippen molar-refractivity contribution in [2.24, 2.45) is 17.8 Å². The number of esters is 1. The summed E-state index contributed by atoms with van der Waals surface area (Å²) in [6.07, 6.45) is 6.86. The van der Waals surface area contributed by atoms with Crippen molar-refractivity contribution in [3.05, 3.63) is 48.0 Å². The van der Waals surface area contributed by atoms with Gasteiger partial charge in [0.15, 0.2) is 0 Å². The summed E-state index contributed by atoms with van der Waals surface area (Å²) < 4.78 is 12.2. The van der Waals surface area contributed by atoms with Crippen LogP contribution in [0.4, 0.5) is 0 Å². The number of ether oxygens (including phenoxy) is 2. The van der Waals surface area contributed by atoms with Gasteiger partial charge in [0.25, 0.3) is 0 Å². The van der Waals surface area contributed by atoms with E-state index in [4.69, 9.17) is 9.47 Å².